The SMILES string of the molecule is CC(C)(C)c1cc(-c2cccc3c2-c2nc-3nc3[nH]c(nc4nc(nc5[nH]c(n2)c2cccc(-c6cccc(CCCO)c6)c52)-c2cccc(-c5cccc(CCCO)c5)c2-4)c2cccc(-c4cc(C(C)(C)C)cc(C(C)(C)C)c4)c32)cc(C(C)(C)C)c1. The van der Waals surface area contributed by atoms with Crippen molar-refractivity contribution in [1.82, 2.24) is 39.9 Å². The first-order chi connectivity index (χ1) is 42.0. The smallest absolute Gasteiger partial charge is 0.165 e. The zero-order valence-electron chi connectivity index (χ0n) is 52.8. The maximum atomic E-state index is 9.87. The van der Waals surface area contributed by atoms with Crippen molar-refractivity contribution in [3.8, 4) is 90.1 Å². The first-order valence-electron chi connectivity index (χ1n) is 31.1. The molecule has 2 aliphatic rings. The van der Waals surface area contributed by atoms with Gasteiger partial charge in [-0.15, -0.1) is 0 Å². The molecule has 11 aromatic rings. The molecule has 8 bridgehead atoms. The van der Waals surface area contributed by atoms with E-state index >= 15 is 0 Å². The predicted octanol–water partition coefficient (Wildman–Crippen LogP) is 18.6. The highest BCUT2D eigenvalue weighted by atomic mass is 16.3. The van der Waals surface area contributed by atoms with Gasteiger partial charge in [-0.25, -0.2) is 29.9 Å². The van der Waals surface area contributed by atoms with Gasteiger partial charge < -0.3 is 20.2 Å². The van der Waals surface area contributed by atoms with Crippen molar-refractivity contribution in [2.75, 3.05) is 13.2 Å². The Morgan fingerprint density at radius 3 is 1.06 bits per heavy atom. The Morgan fingerprint density at radius 1 is 0.318 bits per heavy atom. The van der Waals surface area contributed by atoms with E-state index in [1.54, 1.807) is 0 Å². The summed E-state index contributed by atoms with van der Waals surface area (Å²) in [5.41, 5.74) is 20.8. The third-order valence-corrected chi connectivity index (χ3v) is 17.6. The van der Waals surface area contributed by atoms with Crippen LogP contribution in [-0.4, -0.2) is 63.3 Å². The normalized spacial score (nSPS) is 12.7. The van der Waals surface area contributed by atoms with Crippen LogP contribution >= 0.6 is 0 Å². The van der Waals surface area contributed by atoms with Crippen molar-refractivity contribution in [2.45, 2.75) is 130 Å². The molecule has 10 heteroatoms. The molecule has 2 aliphatic heterocycles. The van der Waals surface area contributed by atoms with E-state index in [0.717, 1.165) is 112 Å². The number of H-pyrrole nitrogens is 2. The van der Waals surface area contributed by atoms with Gasteiger partial charge in [0.2, 0.25) is 0 Å². The lowest BCUT2D eigenvalue weighted by atomic mass is 9.78. The Hall–Kier alpha value is -8.96. The molecule has 0 aliphatic carbocycles. The zero-order valence-corrected chi connectivity index (χ0v) is 52.8. The Morgan fingerprint density at radius 2 is 0.648 bits per heavy atom. The number of hydrogen-bond donors (Lipinski definition) is 4. The number of benzene rings is 8. The number of fused-ring (bicyclic) bond motifs is 20. The van der Waals surface area contributed by atoms with Crippen molar-refractivity contribution < 1.29 is 10.2 Å². The highest BCUT2D eigenvalue weighted by Gasteiger charge is 2.30. The maximum Gasteiger partial charge on any atom is 0.165 e. The van der Waals surface area contributed by atoms with Gasteiger partial charge in [0, 0.05) is 57.0 Å². The molecule has 0 spiro atoms. The topological polar surface area (TPSA) is 149 Å². The highest BCUT2D eigenvalue weighted by Crippen LogP contribution is 2.47. The molecule has 0 amide bonds. The van der Waals surface area contributed by atoms with Crippen LogP contribution in [0.1, 0.15) is 129 Å². The summed E-state index contributed by atoms with van der Waals surface area (Å²) in [7, 11) is 0. The Bertz CT molecular complexity index is 4700. The molecular formula is C78H78N8O2. The van der Waals surface area contributed by atoms with Gasteiger partial charge in [0.05, 0.1) is 0 Å². The molecule has 0 fully saturated rings. The van der Waals surface area contributed by atoms with E-state index in [0.29, 0.717) is 58.7 Å². The number of aromatic nitrogens is 8. The number of aryl methyl sites for hydroxylation is 2. The van der Waals surface area contributed by atoms with E-state index in [1.165, 1.54) is 22.3 Å². The van der Waals surface area contributed by atoms with Crippen molar-refractivity contribution in [1.29, 1.82) is 0 Å². The lowest BCUT2D eigenvalue weighted by molar-refractivity contribution is 0.288. The second-order valence-electron chi connectivity index (χ2n) is 28.2. The van der Waals surface area contributed by atoms with Crippen LogP contribution in [-0.2, 0) is 34.5 Å². The summed E-state index contributed by atoms with van der Waals surface area (Å²) >= 11 is 0. The summed E-state index contributed by atoms with van der Waals surface area (Å²) in [5.74, 6) is 2.07. The lowest BCUT2D eigenvalue weighted by Crippen LogP contribution is -2.16. The second-order valence-corrected chi connectivity index (χ2v) is 28.2. The quantitative estimate of drug-likeness (QED) is 0.106. The highest BCUT2D eigenvalue weighted by molar-refractivity contribution is 6.14. The first kappa shape index (κ1) is 58.1. The molecule has 0 saturated carbocycles. The van der Waals surface area contributed by atoms with E-state index in [9.17, 15) is 10.2 Å². The van der Waals surface area contributed by atoms with Crippen molar-refractivity contribution in [3.05, 3.63) is 191 Å². The monoisotopic (exact) mass is 1160 g/mol. The van der Waals surface area contributed by atoms with Crippen molar-refractivity contribution >= 4 is 44.1 Å². The van der Waals surface area contributed by atoms with Crippen LogP contribution in [0.25, 0.3) is 134 Å². The molecule has 4 N–H and O–H groups in total. The minimum absolute atomic E-state index is 0.115. The molecule has 0 radical (unpaired) electrons. The van der Waals surface area contributed by atoms with Crippen LogP contribution in [0, 0.1) is 0 Å². The number of aliphatic hydroxyl groups is 2. The van der Waals surface area contributed by atoms with Gasteiger partial charge in [0.1, 0.15) is 22.6 Å². The minimum Gasteiger partial charge on any atom is -0.396 e. The second kappa shape index (κ2) is 22.0. The molecule has 8 aromatic carbocycles. The number of nitrogens with zero attached hydrogens (tertiary/aromatic N) is 6. The van der Waals surface area contributed by atoms with Crippen molar-refractivity contribution in [3.63, 3.8) is 0 Å². The van der Waals surface area contributed by atoms with E-state index in [-0.39, 0.29) is 34.9 Å². The summed E-state index contributed by atoms with van der Waals surface area (Å²) in [6.45, 7) is 27.6. The van der Waals surface area contributed by atoms with Gasteiger partial charge in [-0.05, 0) is 125 Å². The standard InChI is InChI=1S/C78H78N8O2/c1-75(2,3)51-39-49(40-52(43-51)76(4,5)6)57-29-17-33-61-65(57)74-84-69(61)82-72-63-55(47-25-13-21-45(37-47)23-19-35-87)27-15-31-59(63)67(80-72)79-71-64-56(48-26-14-22-46(38-48)24-20-36-88)28-16-32-60(64)68(81-71)83-73-66-58(30-18-34-62(66)70(85-73)86-74)50-41-53(77(7,8)9)44-54(42-50)78(10,11)12/h13-18,21-22,25-34,37-44,87-88H,19-20,23-24,35-36H2,1-12H3,(H2,79,80,81,82,83,84,85,86). The molecule has 0 unspecified atom stereocenters. The summed E-state index contributed by atoms with van der Waals surface area (Å²) in [5, 5.41) is 23.3. The van der Waals surface area contributed by atoms with E-state index in [2.05, 4.69) is 251 Å². The molecule has 3 aromatic heterocycles. The molecule has 10 nitrogen and oxygen atoms in total. The Kier molecular flexibility index (Phi) is 14.5. The number of nitrogens with one attached hydrogen (secondary N) is 2. The third kappa shape index (κ3) is 10.8. The van der Waals surface area contributed by atoms with Gasteiger partial charge in [-0.3, -0.25) is 0 Å². The van der Waals surface area contributed by atoms with Crippen LogP contribution < -0.4 is 0 Å². The first-order valence-corrected chi connectivity index (χ1v) is 31.1. The summed E-state index contributed by atoms with van der Waals surface area (Å²) < 4.78 is 0. The Balaban J connectivity index is 1.20. The molecule has 0 saturated heterocycles. The van der Waals surface area contributed by atoms with Gasteiger partial charge in [-0.2, -0.15) is 0 Å². The summed E-state index contributed by atoms with van der Waals surface area (Å²) in [6.07, 6.45) is 2.82. The van der Waals surface area contributed by atoms with Crippen LogP contribution in [0.15, 0.2) is 158 Å². The fourth-order valence-electron chi connectivity index (χ4n) is 12.6. The fourth-order valence-corrected chi connectivity index (χ4v) is 12.6. The number of rotatable bonds is 10. The molecule has 0 atom stereocenters. The van der Waals surface area contributed by atoms with Crippen LogP contribution in [0.5, 0.6) is 0 Å². The zero-order chi connectivity index (χ0) is 61.6. The maximum absolute atomic E-state index is 9.87. The molecule has 13 rings (SSSR count). The van der Waals surface area contributed by atoms with Crippen molar-refractivity contribution in [2.24, 2.45) is 0 Å². The number of aromatic amines is 2. The fraction of sp³-hybridized carbons (Fsp3) is 0.282. The van der Waals surface area contributed by atoms with E-state index < -0.39 is 0 Å². The third-order valence-electron chi connectivity index (χ3n) is 17.6. The molecular weight excluding hydrogens is 1080 g/mol. The molecule has 88 heavy (non-hydrogen) atoms. The summed E-state index contributed by atoms with van der Waals surface area (Å²) in [6, 6.07) is 56.9. The van der Waals surface area contributed by atoms with E-state index in [4.69, 9.17) is 29.9 Å². The summed E-state index contributed by atoms with van der Waals surface area (Å²) in [4.78, 5) is 41.5. The largest absolute Gasteiger partial charge is 0.396 e. The van der Waals surface area contributed by atoms with Crippen LogP contribution in [0.3, 0.4) is 0 Å². The van der Waals surface area contributed by atoms with Gasteiger partial charge in [0.25, 0.3) is 0 Å². The number of aliphatic hydroxyl groups excluding tert-OH is 2. The average Bonchev–Trinajstić information content (AvgIpc) is 1.63. The van der Waals surface area contributed by atoms with Crippen LogP contribution in [0.2, 0.25) is 0 Å². The lowest BCUT2D eigenvalue weighted by Gasteiger charge is -2.26. The van der Waals surface area contributed by atoms with Gasteiger partial charge in [-0.1, -0.05) is 241 Å². The van der Waals surface area contributed by atoms with Gasteiger partial charge >= 0.3 is 0 Å². The minimum atomic E-state index is -0.129. The van der Waals surface area contributed by atoms with Gasteiger partial charge in [0.15, 0.2) is 23.3 Å². The Labute approximate surface area is 516 Å². The predicted molar refractivity (Wildman–Crippen MR) is 363 cm³/mol. The molecule has 5 heterocycles. The number of hydrogen-bond acceptors (Lipinski definition) is 8. The van der Waals surface area contributed by atoms with E-state index in [1.807, 2.05) is 0 Å². The average molecular weight is 1160 g/mol. The molecule has 442 valence electrons. The van der Waals surface area contributed by atoms with Crippen LogP contribution in [0.4, 0.5) is 0 Å².